The second-order valence-electron chi connectivity index (χ2n) is 3.58. The molecule has 1 aromatic carbocycles. The lowest BCUT2D eigenvalue weighted by molar-refractivity contribution is 0.302. The van der Waals surface area contributed by atoms with Crippen LogP contribution < -0.4 is 14.8 Å². The van der Waals surface area contributed by atoms with E-state index in [1.165, 1.54) is 12.1 Å². The molecule has 1 aromatic heterocycles. The van der Waals surface area contributed by atoms with Crippen LogP contribution in [0.3, 0.4) is 0 Å². The van der Waals surface area contributed by atoms with Gasteiger partial charge in [0.05, 0.1) is 6.61 Å². The third-order valence-corrected chi connectivity index (χ3v) is 2.68. The van der Waals surface area contributed by atoms with Crippen LogP contribution in [0.15, 0.2) is 22.7 Å². The average molecular weight is 343 g/mol. The molecule has 0 amide bonds. The highest BCUT2D eigenvalue weighted by atomic mass is 79.9. The van der Waals surface area contributed by atoms with Gasteiger partial charge in [-0.05, 0) is 25.1 Å². The number of hydrogen-bond donors (Lipinski definition) is 1. The Balaban J connectivity index is 2.32. The highest BCUT2D eigenvalue weighted by molar-refractivity contribution is 9.10. The SMILES string of the molecule is CCOc1nc(NC)nc(Oc2cc(Br)ccc2F)n1. The van der Waals surface area contributed by atoms with Crippen molar-refractivity contribution < 1.29 is 13.9 Å². The van der Waals surface area contributed by atoms with E-state index in [0.29, 0.717) is 11.1 Å². The normalized spacial score (nSPS) is 10.2. The van der Waals surface area contributed by atoms with Crippen molar-refractivity contribution >= 4 is 21.9 Å². The van der Waals surface area contributed by atoms with Crippen molar-refractivity contribution in [1.82, 2.24) is 15.0 Å². The van der Waals surface area contributed by atoms with Gasteiger partial charge >= 0.3 is 12.0 Å². The smallest absolute Gasteiger partial charge is 0.330 e. The van der Waals surface area contributed by atoms with Crippen molar-refractivity contribution in [2.45, 2.75) is 6.92 Å². The summed E-state index contributed by atoms with van der Waals surface area (Å²) >= 11 is 3.24. The van der Waals surface area contributed by atoms with Gasteiger partial charge in [-0.1, -0.05) is 15.9 Å². The lowest BCUT2D eigenvalue weighted by Gasteiger charge is -2.08. The molecule has 0 saturated carbocycles. The molecule has 20 heavy (non-hydrogen) atoms. The fourth-order valence-electron chi connectivity index (χ4n) is 1.34. The minimum absolute atomic E-state index is 0.00933. The van der Waals surface area contributed by atoms with Gasteiger partial charge in [0, 0.05) is 11.5 Å². The highest BCUT2D eigenvalue weighted by Crippen LogP contribution is 2.26. The Hall–Kier alpha value is -1.96. The average Bonchev–Trinajstić information content (AvgIpc) is 2.43. The number of benzene rings is 1. The summed E-state index contributed by atoms with van der Waals surface area (Å²) in [6, 6.07) is 4.39. The van der Waals surface area contributed by atoms with Crippen molar-refractivity contribution in [3.05, 3.63) is 28.5 Å². The molecule has 6 nitrogen and oxygen atoms in total. The second-order valence-corrected chi connectivity index (χ2v) is 4.50. The van der Waals surface area contributed by atoms with Crippen LogP contribution in [-0.4, -0.2) is 28.6 Å². The molecule has 0 bridgehead atoms. The van der Waals surface area contributed by atoms with Gasteiger partial charge in [0.1, 0.15) is 0 Å². The molecule has 0 radical (unpaired) electrons. The van der Waals surface area contributed by atoms with E-state index in [0.717, 1.165) is 0 Å². The third kappa shape index (κ3) is 3.53. The summed E-state index contributed by atoms with van der Waals surface area (Å²) in [4.78, 5) is 11.9. The Bertz CT molecular complexity index is 612. The van der Waals surface area contributed by atoms with Gasteiger partial charge < -0.3 is 14.8 Å². The fraction of sp³-hybridized carbons (Fsp3) is 0.250. The Kier molecular flexibility index (Phi) is 4.67. The molecule has 0 saturated heterocycles. The van der Waals surface area contributed by atoms with E-state index in [-0.39, 0.29) is 23.7 Å². The fourth-order valence-corrected chi connectivity index (χ4v) is 1.68. The van der Waals surface area contributed by atoms with Crippen LogP contribution in [0.5, 0.6) is 17.8 Å². The minimum atomic E-state index is -0.516. The predicted octanol–water partition coefficient (Wildman–Crippen LogP) is 3.01. The molecular weight excluding hydrogens is 331 g/mol. The van der Waals surface area contributed by atoms with Crippen LogP contribution in [0.1, 0.15) is 6.92 Å². The first-order valence-corrected chi connectivity index (χ1v) is 6.61. The van der Waals surface area contributed by atoms with Crippen molar-refractivity contribution in [3.63, 3.8) is 0 Å². The largest absolute Gasteiger partial charge is 0.464 e. The van der Waals surface area contributed by atoms with E-state index in [2.05, 4.69) is 36.2 Å². The predicted molar refractivity (Wildman–Crippen MR) is 74.7 cm³/mol. The lowest BCUT2D eigenvalue weighted by Crippen LogP contribution is -2.05. The zero-order valence-corrected chi connectivity index (χ0v) is 12.4. The zero-order valence-electron chi connectivity index (χ0n) is 10.9. The standard InChI is InChI=1S/C12H12BrFN4O2/c1-3-19-11-16-10(15-2)17-12(18-11)20-9-6-7(13)4-5-8(9)14/h4-6H,3H2,1-2H3,(H,15,16,17,18). The maximum absolute atomic E-state index is 13.6. The summed E-state index contributed by atoms with van der Waals surface area (Å²) < 4.78 is 24.8. The van der Waals surface area contributed by atoms with Crippen LogP contribution in [0.2, 0.25) is 0 Å². The molecular formula is C12H12BrFN4O2. The van der Waals surface area contributed by atoms with Gasteiger partial charge in [-0.25, -0.2) is 4.39 Å². The van der Waals surface area contributed by atoms with Crippen molar-refractivity contribution in [3.8, 4) is 17.8 Å². The molecule has 0 aliphatic carbocycles. The number of nitrogens with zero attached hydrogens (tertiary/aromatic N) is 3. The molecule has 0 aliphatic heterocycles. The van der Waals surface area contributed by atoms with Crippen molar-refractivity contribution in [1.29, 1.82) is 0 Å². The van der Waals surface area contributed by atoms with E-state index in [9.17, 15) is 4.39 Å². The summed E-state index contributed by atoms with van der Waals surface area (Å²) in [7, 11) is 1.65. The summed E-state index contributed by atoms with van der Waals surface area (Å²) in [6.45, 7) is 2.20. The first kappa shape index (κ1) is 14.4. The second kappa shape index (κ2) is 6.47. The number of hydrogen-bond acceptors (Lipinski definition) is 6. The Morgan fingerprint density at radius 2 is 2.00 bits per heavy atom. The van der Waals surface area contributed by atoms with Gasteiger partial charge in [0.25, 0.3) is 0 Å². The summed E-state index contributed by atoms with van der Waals surface area (Å²) in [6.07, 6.45) is 0. The summed E-state index contributed by atoms with van der Waals surface area (Å²) in [5.41, 5.74) is 0. The van der Waals surface area contributed by atoms with Gasteiger partial charge in [0.15, 0.2) is 11.6 Å². The quantitative estimate of drug-likeness (QED) is 0.900. The number of halogens is 2. The van der Waals surface area contributed by atoms with Gasteiger partial charge in [-0.3, -0.25) is 0 Å². The van der Waals surface area contributed by atoms with Crippen LogP contribution in [0.4, 0.5) is 10.3 Å². The van der Waals surface area contributed by atoms with Crippen molar-refractivity contribution in [2.24, 2.45) is 0 Å². The molecule has 0 unspecified atom stereocenters. The van der Waals surface area contributed by atoms with Crippen LogP contribution in [-0.2, 0) is 0 Å². The number of aromatic nitrogens is 3. The van der Waals surface area contributed by atoms with Gasteiger partial charge in [-0.2, -0.15) is 9.97 Å². The van der Waals surface area contributed by atoms with Crippen LogP contribution >= 0.6 is 15.9 Å². The lowest BCUT2D eigenvalue weighted by atomic mass is 10.3. The summed E-state index contributed by atoms with van der Waals surface area (Å²) in [5, 5.41) is 2.75. The first-order valence-electron chi connectivity index (χ1n) is 5.82. The van der Waals surface area contributed by atoms with E-state index in [4.69, 9.17) is 9.47 Å². The van der Waals surface area contributed by atoms with Crippen molar-refractivity contribution in [2.75, 3.05) is 19.0 Å². The zero-order chi connectivity index (χ0) is 14.5. The molecule has 8 heteroatoms. The Morgan fingerprint density at radius 1 is 1.25 bits per heavy atom. The van der Waals surface area contributed by atoms with E-state index in [1.807, 2.05) is 0 Å². The van der Waals surface area contributed by atoms with Gasteiger partial charge in [-0.15, -0.1) is 4.98 Å². The Morgan fingerprint density at radius 3 is 2.70 bits per heavy atom. The maximum atomic E-state index is 13.6. The molecule has 1 heterocycles. The molecule has 0 fully saturated rings. The minimum Gasteiger partial charge on any atom is -0.464 e. The molecule has 2 rings (SSSR count). The van der Waals surface area contributed by atoms with E-state index in [1.54, 1.807) is 20.0 Å². The monoisotopic (exact) mass is 342 g/mol. The molecule has 0 atom stereocenters. The van der Waals surface area contributed by atoms with Crippen LogP contribution in [0.25, 0.3) is 0 Å². The summed E-state index contributed by atoms with van der Waals surface area (Å²) in [5.74, 6) is -0.235. The number of rotatable bonds is 5. The number of anilines is 1. The van der Waals surface area contributed by atoms with Gasteiger partial charge in [0.2, 0.25) is 5.95 Å². The molecule has 1 N–H and O–H groups in total. The first-order chi connectivity index (χ1) is 9.62. The third-order valence-electron chi connectivity index (χ3n) is 2.19. The highest BCUT2D eigenvalue weighted by Gasteiger charge is 2.11. The van der Waals surface area contributed by atoms with E-state index >= 15 is 0 Å². The molecule has 2 aromatic rings. The maximum Gasteiger partial charge on any atom is 0.330 e. The molecule has 0 aliphatic rings. The van der Waals surface area contributed by atoms with E-state index < -0.39 is 5.82 Å². The Labute approximate surface area is 123 Å². The topological polar surface area (TPSA) is 69.2 Å². The van der Waals surface area contributed by atoms with Crippen LogP contribution in [0, 0.1) is 5.82 Å². The molecule has 106 valence electrons. The number of nitrogens with one attached hydrogen (secondary N) is 1. The molecule has 0 spiro atoms. The number of ether oxygens (including phenoxy) is 2.